The monoisotopic (exact) mass is 303 g/mol. The second-order valence-corrected chi connectivity index (χ2v) is 5.61. The number of halogens is 1. The van der Waals surface area contributed by atoms with Crippen molar-refractivity contribution in [2.45, 2.75) is 24.3 Å². The maximum absolute atomic E-state index is 5.94. The van der Waals surface area contributed by atoms with Gasteiger partial charge in [-0.25, -0.2) is 0 Å². The molecule has 0 saturated heterocycles. The molecule has 0 heterocycles. The van der Waals surface area contributed by atoms with Crippen molar-refractivity contribution in [3.63, 3.8) is 0 Å². The molecule has 0 aliphatic heterocycles. The Hall–Kier alpha value is -0.0300. The van der Waals surface area contributed by atoms with E-state index in [2.05, 4.69) is 35.0 Å². The van der Waals surface area contributed by atoms with Crippen molar-refractivity contribution in [2.24, 2.45) is 5.73 Å². The Morgan fingerprint density at radius 3 is 2.69 bits per heavy atom. The molecule has 2 nitrogen and oxygen atoms in total. The van der Waals surface area contributed by atoms with Crippen LogP contribution in [-0.4, -0.2) is 25.0 Å². The molecule has 0 saturated carbocycles. The van der Waals surface area contributed by atoms with Crippen LogP contribution in [0.25, 0.3) is 0 Å². The molecule has 0 spiro atoms. The third-order valence-corrected chi connectivity index (χ3v) is 3.69. The summed E-state index contributed by atoms with van der Waals surface area (Å²) in [4.78, 5) is 1.24. The van der Waals surface area contributed by atoms with E-state index in [9.17, 15) is 0 Å². The summed E-state index contributed by atoms with van der Waals surface area (Å²) in [6.07, 6.45) is 1.05. The lowest BCUT2D eigenvalue weighted by molar-refractivity contribution is 0.126. The van der Waals surface area contributed by atoms with Crippen molar-refractivity contribution in [2.75, 3.05) is 19.0 Å². The fourth-order valence-corrected chi connectivity index (χ4v) is 2.26. The first-order valence-corrected chi connectivity index (χ1v) is 7.22. The average molecular weight is 304 g/mol. The van der Waals surface area contributed by atoms with E-state index < -0.39 is 0 Å². The van der Waals surface area contributed by atoms with E-state index in [4.69, 9.17) is 10.5 Å². The summed E-state index contributed by atoms with van der Waals surface area (Å²) in [7, 11) is 0. The highest BCUT2D eigenvalue weighted by molar-refractivity contribution is 9.10. The van der Waals surface area contributed by atoms with Gasteiger partial charge in [0, 0.05) is 27.8 Å². The van der Waals surface area contributed by atoms with Crippen LogP contribution in [0.5, 0.6) is 0 Å². The van der Waals surface area contributed by atoms with Crippen molar-refractivity contribution >= 4 is 27.7 Å². The lowest BCUT2D eigenvalue weighted by atomic mass is 10.4. The lowest BCUT2D eigenvalue weighted by Gasteiger charge is -2.11. The van der Waals surface area contributed by atoms with E-state index in [1.807, 2.05) is 12.1 Å². The largest absolute Gasteiger partial charge is 0.380 e. The topological polar surface area (TPSA) is 35.2 Å². The molecule has 1 aromatic carbocycles. The number of thioether (sulfide) groups is 1. The van der Waals surface area contributed by atoms with E-state index in [1.54, 1.807) is 11.8 Å². The SMILES string of the molecule is CCCOCC(N)CSc1ccc(Br)cc1. The van der Waals surface area contributed by atoms with Gasteiger partial charge < -0.3 is 10.5 Å². The summed E-state index contributed by atoms with van der Waals surface area (Å²) in [5.74, 6) is 0.894. The average Bonchev–Trinajstić information content (AvgIpc) is 2.29. The summed E-state index contributed by atoms with van der Waals surface area (Å²) >= 11 is 5.18. The number of nitrogens with two attached hydrogens (primary N) is 1. The maximum atomic E-state index is 5.94. The Kier molecular flexibility index (Phi) is 7.12. The zero-order valence-electron chi connectivity index (χ0n) is 9.49. The van der Waals surface area contributed by atoms with E-state index in [-0.39, 0.29) is 6.04 Å². The van der Waals surface area contributed by atoms with Crippen molar-refractivity contribution in [3.05, 3.63) is 28.7 Å². The minimum Gasteiger partial charge on any atom is -0.380 e. The van der Waals surface area contributed by atoms with Crippen LogP contribution in [0.3, 0.4) is 0 Å². The summed E-state index contributed by atoms with van der Waals surface area (Å²) in [5.41, 5.74) is 5.94. The molecule has 1 rings (SSSR count). The van der Waals surface area contributed by atoms with E-state index in [0.29, 0.717) is 6.61 Å². The van der Waals surface area contributed by atoms with Crippen LogP contribution in [0.4, 0.5) is 0 Å². The van der Waals surface area contributed by atoms with Crippen LogP contribution in [-0.2, 0) is 4.74 Å². The van der Waals surface area contributed by atoms with Gasteiger partial charge in [-0.1, -0.05) is 22.9 Å². The van der Waals surface area contributed by atoms with Crippen LogP contribution in [0.2, 0.25) is 0 Å². The first-order chi connectivity index (χ1) is 7.72. The minimum absolute atomic E-state index is 0.111. The van der Waals surface area contributed by atoms with Gasteiger partial charge in [-0.15, -0.1) is 11.8 Å². The molecule has 0 bridgehead atoms. The second-order valence-electron chi connectivity index (χ2n) is 3.60. The highest BCUT2D eigenvalue weighted by Crippen LogP contribution is 2.20. The van der Waals surface area contributed by atoms with Crippen LogP contribution in [0.1, 0.15) is 13.3 Å². The standard InChI is InChI=1S/C12H18BrNOS/c1-2-7-15-8-11(14)9-16-12-5-3-10(13)4-6-12/h3-6,11H,2,7-9,14H2,1H3. The van der Waals surface area contributed by atoms with Gasteiger partial charge in [0.15, 0.2) is 0 Å². The summed E-state index contributed by atoms with van der Waals surface area (Å²) in [5, 5.41) is 0. The third kappa shape index (κ3) is 5.89. The van der Waals surface area contributed by atoms with Crippen molar-refractivity contribution in [1.29, 1.82) is 0 Å². The molecule has 2 N–H and O–H groups in total. The molecule has 0 radical (unpaired) electrons. The number of hydrogen-bond donors (Lipinski definition) is 1. The van der Waals surface area contributed by atoms with Gasteiger partial charge in [0.2, 0.25) is 0 Å². The predicted molar refractivity (Wildman–Crippen MR) is 74.0 cm³/mol. The van der Waals surface area contributed by atoms with Gasteiger partial charge in [0.05, 0.1) is 6.61 Å². The molecule has 0 aromatic heterocycles. The van der Waals surface area contributed by atoms with Crippen LogP contribution < -0.4 is 5.73 Å². The van der Waals surface area contributed by atoms with Crippen LogP contribution >= 0.6 is 27.7 Å². The zero-order chi connectivity index (χ0) is 11.8. The normalized spacial score (nSPS) is 12.7. The van der Waals surface area contributed by atoms with Gasteiger partial charge in [0.1, 0.15) is 0 Å². The van der Waals surface area contributed by atoms with Gasteiger partial charge in [-0.05, 0) is 30.7 Å². The molecule has 16 heavy (non-hydrogen) atoms. The molecule has 90 valence electrons. The second kappa shape index (κ2) is 8.12. The Bertz CT molecular complexity index is 292. The van der Waals surface area contributed by atoms with Crippen molar-refractivity contribution in [3.8, 4) is 0 Å². The molecule has 0 amide bonds. The van der Waals surface area contributed by atoms with Crippen LogP contribution in [0, 0.1) is 0 Å². The minimum atomic E-state index is 0.111. The molecule has 0 fully saturated rings. The quantitative estimate of drug-likeness (QED) is 0.620. The fraction of sp³-hybridized carbons (Fsp3) is 0.500. The number of hydrogen-bond acceptors (Lipinski definition) is 3. The van der Waals surface area contributed by atoms with Crippen molar-refractivity contribution in [1.82, 2.24) is 0 Å². The summed E-state index contributed by atoms with van der Waals surface area (Å²) in [6.45, 7) is 3.55. The highest BCUT2D eigenvalue weighted by atomic mass is 79.9. The Morgan fingerprint density at radius 1 is 1.38 bits per heavy atom. The first kappa shape index (κ1) is 14.0. The number of ether oxygens (including phenoxy) is 1. The Labute approximate surface area is 110 Å². The molecule has 4 heteroatoms. The Balaban J connectivity index is 2.20. The molecule has 0 aliphatic carbocycles. The smallest absolute Gasteiger partial charge is 0.0625 e. The summed E-state index contributed by atoms with van der Waals surface area (Å²) in [6, 6.07) is 8.38. The Morgan fingerprint density at radius 2 is 2.06 bits per heavy atom. The first-order valence-electron chi connectivity index (χ1n) is 5.44. The zero-order valence-corrected chi connectivity index (χ0v) is 11.9. The third-order valence-electron chi connectivity index (χ3n) is 1.96. The fourth-order valence-electron chi connectivity index (χ4n) is 1.16. The summed E-state index contributed by atoms with van der Waals surface area (Å²) < 4.78 is 6.51. The van der Waals surface area contributed by atoms with Crippen molar-refractivity contribution < 1.29 is 4.74 Å². The number of rotatable bonds is 7. The van der Waals surface area contributed by atoms with Crippen LogP contribution in [0.15, 0.2) is 33.6 Å². The molecule has 1 aromatic rings. The lowest BCUT2D eigenvalue weighted by Crippen LogP contribution is -2.28. The molecular formula is C12H18BrNOS. The number of benzene rings is 1. The maximum Gasteiger partial charge on any atom is 0.0625 e. The molecule has 1 unspecified atom stereocenters. The van der Waals surface area contributed by atoms with Gasteiger partial charge >= 0.3 is 0 Å². The van der Waals surface area contributed by atoms with E-state index in [1.165, 1.54) is 4.90 Å². The molecule has 0 aliphatic rings. The molecular weight excluding hydrogens is 286 g/mol. The van der Waals surface area contributed by atoms with Gasteiger partial charge in [0.25, 0.3) is 0 Å². The molecule has 1 atom stereocenters. The van der Waals surface area contributed by atoms with Gasteiger partial charge in [-0.3, -0.25) is 0 Å². The predicted octanol–water partition coefficient (Wildman–Crippen LogP) is 3.30. The van der Waals surface area contributed by atoms with E-state index >= 15 is 0 Å². The van der Waals surface area contributed by atoms with E-state index in [0.717, 1.165) is 23.3 Å². The van der Waals surface area contributed by atoms with Gasteiger partial charge in [-0.2, -0.15) is 0 Å². The highest BCUT2D eigenvalue weighted by Gasteiger charge is 2.03.